The molecule has 4 heteroatoms. The molecule has 0 radical (unpaired) electrons. The summed E-state index contributed by atoms with van der Waals surface area (Å²) >= 11 is 0. The van der Waals surface area contributed by atoms with Crippen molar-refractivity contribution in [1.29, 1.82) is 0 Å². The topological polar surface area (TPSA) is 42.5 Å². The Morgan fingerprint density at radius 2 is 1.83 bits per heavy atom. The fourth-order valence-corrected chi connectivity index (χ4v) is 3.11. The number of nitrogens with zero attached hydrogens (tertiary/aromatic N) is 3. The van der Waals surface area contributed by atoms with Crippen molar-refractivity contribution in [2.45, 2.75) is 19.9 Å². The molecule has 23 heavy (non-hydrogen) atoms. The lowest BCUT2D eigenvalue weighted by atomic mass is 10.1. The number of hydrogen-bond donors (Lipinski definition) is 1. The van der Waals surface area contributed by atoms with Crippen LogP contribution in [0.3, 0.4) is 0 Å². The minimum Gasteiger partial charge on any atom is -0.395 e. The van der Waals surface area contributed by atoms with E-state index in [2.05, 4.69) is 52.4 Å². The first-order valence-electron chi connectivity index (χ1n) is 7.98. The maximum atomic E-state index is 9.47. The molecule has 4 aromatic rings. The fraction of sp³-hybridized carbons (Fsp3) is 0.211. The molecule has 2 aromatic heterocycles. The molecule has 0 saturated carbocycles. The van der Waals surface area contributed by atoms with Crippen molar-refractivity contribution in [3.05, 3.63) is 60.3 Å². The van der Waals surface area contributed by atoms with E-state index in [1.807, 2.05) is 18.2 Å². The highest BCUT2D eigenvalue weighted by atomic mass is 16.3. The summed E-state index contributed by atoms with van der Waals surface area (Å²) in [4.78, 5) is 4.73. The van der Waals surface area contributed by atoms with Gasteiger partial charge in [0.1, 0.15) is 0 Å². The first-order chi connectivity index (χ1) is 11.3. The van der Waals surface area contributed by atoms with Crippen molar-refractivity contribution in [2.75, 3.05) is 6.61 Å². The van der Waals surface area contributed by atoms with Crippen molar-refractivity contribution in [1.82, 2.24) is 14.0 Å². The number of aryl methyl sites for hydroxylation is 1. The van der Waals surface area contributed by atoms with Crippen molar-refractivity contribution in [3.63, 3.8) is 0 Å². The van der Waals surface area contributed by atoms with Gasteiger partial charge in [-0.1, -0.05) is 43.3 Å². The predicted molar refractivity (Wildman–Crippen MR) is 92.6 cm³/mol. The molecular formula is C19H19N3O. The third kappa shape index (κ3) is 2.23. The summed E-state index contributed by atoms with van der Waals surface area (Å²) in [6.07, 6.45) is 3.15. The molecule has 0 saturated heterocycles. The van der Waals surface area contributed by atoms with Gasteiger partial charge in [0.25, 0.3) is 0 Å². The van der Waals surface area contributed by atoms with Gasteiger partial charge in [0.15, 0.2) is 0 Å². The smallest absolute Gasteiger partial charge is 0.215 e. The van der Waals surface area contributed by atoms with E-state index >= 15 is 0 Å². The van der Waals surface area contributed by atoms with Gasteiger partial charge in [-0.3, -0.25) is 4.40 Å². The Morgan fingerprint density at radius 3 is 2.57 bits per heavy atom. The van der Waals surface area contributed by atoms with E-state index < -0.39 is 0 Å². The van der Waals surface area contributed by atoms with Gasteiger partial charge in [-0.05, 0) is 29.7 Å². The van der Waals surface area contributed by atoms with Gasteiger partial charge in [-0.25, -0.2) is 4.98 Å². The maximum Gasteiger partial charge on any atom is 0.215 e. The molecule has 0 fully saturated rings. The summed E-state index contributed by atoms with van der Waals surface area (Å²) in [6.45, 7) is 2.78. The van der Waals surface area contributed by atoms with Crippen LogP contribution in [0.4, 0.5) is 0 Å². The zero-order valence-electron chi connectivity index (χ0n) is 13.1. The minimum atomic E-state index is 0.0909. The Hall–Kier alpha value is -2.59. The van der Waals surface area contributed by atoms with E-state index in [0.29, 0.717) is 6.54 Å². The number of imidazole rings is 2. The molecule has 0 spiro atoms. The summed E-state index contributed by atoms with van der Waals surface area (Å²) < 4.78 is 4.19. The van der Waals surface area contributed by atoms with Crippen LogP contribution in [0, 0.1) is 0 Å². The number of hydrogen-bond acceptors (Lipinski definition) is 2. The maximum absolute atomic E-state index is 9.47. The number of aliphatic hydroxyl groups excluding tert-OH is 1. The lowest BCUT2D eigenvalue weighted by molar-refractivity contribution is 0.278. The lowest BCUT2D eigenvalue weighted by Gasteiger charge is -2.07. The van der Waals surface area contributed by atoms with Crippen LogP contribution in [-0.4, -0.2) is 25.7 Å². The molecule has 2 heterocycles. The van der Waals surface area contributed by atoms with Gasteiger partial charge in [-0.15, -0.1) is 0 Å². The highest BCUT2D eigenvalue weighted by Crippen LogP contribution is 2.26. The third-order valence-corrected chi connectivity index (χ3v) is 4.34. The Balaban J connectivity index is 1.95. The van der Waals surface area contributed by atoms with Crippen LogP contribution in [0.1, 0.15) is 12.5 Å². The Labute approximate surface area is 134 Å². The molecule has 0 unspecified atom stereocenters. The third-order valence-electron chi connectivity index (χ3n) is 4.34. The van der Waals surface area contributed by atoms with Crippen molar-refractivity contribution in [2.24, 2.45) is 0 Å². The Bertz CT molecular complexity index is 964. The van der Waals surface area contributed by atoms with E-state index in [1.54, 1.807) is 0 Å². The molecule has 116 valence electrons. The molecule has 2 aromatic carbocycles. The van der Waals surface area contributed by atoms with Gasteiger partial charge in [0.2, 0.25) is 5.78 Å². The highest BCUT2D eigenvalue weighted by Gasteiger charge is 2.14. The molecule has 0 aliphatic carbocycles. The van der Waals surface area contributed by atoms with Crippen LogP contribution in [0.25, 0.3) is 28.1 Å². The molecule has 4 nitrogen and oxygen atoms in total. The summed E-state index contributed by atoms with van der Waals surface area (Å²) in [5, 5.41) is 9.47. The van der Waals surface area contributed by atoms with Crippen LogP contribution in [0.2, 0.25) is 0 Å². The average molecular weight is 305 g/mol. The van der Waals surface area contributed by atoms with Gasteiger partial charge >= 0.3 is 0 Å². The van der Waals surface area contributed by atoms with Crippen LogP contribution in [0.5, 0.6) is 0 Å². The second-order valence-corrected chi connectivity index (χ2v) is 5.71. The molecule has 0 bridgehead atoms. The zero-order valence-corrected chi connectivity index (χ0v) is 13.1. The van der Waals surface area contributed by atoms with Gasteiger partial charge in [0.05, 0.1) is 23.3 Å². The molecule has 0 aliphatic heterocycles. The molecule has 4 rings (SSSR count). The second-order valence-electron chi connectivity index (χ2n) is 5.71. The molecular weight excluding hydrogens is 286 g/mol. The number of aliphatic hydroxyl groups is 1. The number of para-hydroxylation sites is 2. The zero-order chi connectivity index (χ0) is 15.8. The summed E-state index contributed by atoms with van der Waals surface area (Å²) in [5.41, 5.74) is 5.61. The first kappa shape index (κ1) is 14.0. The van der Waals surface area contributed by atoms with Crippen molar-refractivity contribution >= 4 is 16.8 Å². The summed E-state index contributed by atoms with van der Waals surface area (Å²) in [5.74, 6) is 0.870. The van der Waals surface area contributed by atoms with E-state index in [0.717, 1.165) is 34.5 Å². The highest BCUT2D eigenvalue weighted by molar-refractivity contribution is 5.81. The standard InChI is InChI=1S/C19H19N3O/c1-2-14-7-9-15(10-8-14)18-13-22-17-6-4-3-5-16(17)20-19(22)21(18)11-12-23/h3-10,13,23H,2,11-12H2,1H3. The van der Waals surface area contributed by atoms with Gasteiger partial charge in [0, 0.05) is 12.7 Å². The van der Waals surface area contributed by atoms with Crippen LogP contribution >= 0.6 is 0 Å². The van der Waals surface area contributed by atoms with Crippen LogP contribution < -0.4 is 0 Å². The molecule has 0 amide bonds. The fourth-order valence-electron chi connectivity index (χ4n) is 3.11. The van der Waals surface area contributed by atoms with E-state index in [1.165, 1.54) is 5.56 Å². The lowest BCUT2D eigenvalue weighted by Crippen LogP contribution is -2.04. The Morgan fingerprint density at radius 1 is 1.04 bits per heavy atom. The number of benzene rings is 2. The average Bonchev–Trinajstić information content (AvgIpc) is 3.12. The predicted octanol–water partition coefficient (Wildman–Crippen LogP) is 3.51. The van der Waals surface area contributed by atoms with Crippen LogP contribution in [0.15, 0.2) is 54.7 Å². The second kappa shape index (κ2) is 5.56. The molecule has 0 aliphatic rings. The normalized spacial score (nSPS) is 11.6. The van der Waals surface area contributed by atoms with Crippen molar-refractivity contribution in [3.8, 4) is 11.3 Å². The first-order valence-corrected chi connectivity index (χ1v) is 7.98. The van der Waals surface area contributed by atoms with Gasteiger partial charge in [-0.2, -0.15) is 0 Å². The molecule has 1 N–H and O–H groups in total. The van der Waals surface area contributed by atoms with E-state index in [-0.39, 0.29) is 6.61 Å². The monoisotopic (exact) mass is 305 g/mol. The number of fused-ring (bicyclic) bond motifs is 3. The van der Waals surface area contributed by atoms with E-state index in [4.69, 9.17) is 4.98 Å². The van der Waals surface area contributed by atoms with E-state index in [9.17, 15) is 5.11 Å². The van der Waals surface area contributed by atoms with Crippen LogP contribution in [-0.2, 0) is 13.0 Å². The van der Waals surface area contributed by atoms with Crippen molar-refractivity contribution < 1.29 is 5.11 Å². The minimum absolute atomic E-state index is 0.0909. The SMILES string of the molecule is CCc1ccc(-c2cn3c4ccccc4nc3n2CCO)cc1. The largest absolute Gasteiger partial charge is 0.395 e. The molecule has 0 atom stereocenters. The number of rotatable bonds is 4. The summed E-state index contributed by atoms with van der Waals surface area (Å²) in [6, 6.07) is 16.7. The van der Waals surface area contributed by atoms with Gasteiger partial charge < -0.3 is 9.67 Å². The summed E-state index contributed by atoms with van der Waals surface area (Å²) in [7, 11) is 0. The quantitative estimate of drug-likeness (QED) is 0.627. The number of aromatic nitrogens is 3. The Kier molecular flexibility index (Phi) is 3.39.